The van der Waals surface area contributed by atoms with E-state index in [0.717, 1.165) is 17.7 Å². The molecule has 0 aliphatic carbocycles. The van der Waals surface area contributed by atoms with Gasteiger partial charge in [0.15, 0.2) is 5.11 Å². The number of hydrogen-bond acceptors (Lipinski definition) is 4. The molecule has 0 bridgehead atoms. The van der Waals surface area contributed by atoms with Gasteiger partial charge >= 0.3 is 0 Å². The third kappa shape index (κ3) is 5.60. The summed E-state index contributed by atoms with van der Waals surface area (Å²) in [4.78, 5) is 23.7. The van der Waals surface area contributed by atoms with Crippen molar-refractivity contribution in [1.29, 1.82) is 0 Å². The van der Waals surface area contributed by atoms with Crippen molar-refractivity contribution in [2.45, 2.75) is 45.4 Å². The highest BCUT2D eigenvalue weighted by Crippen LogP contribution is 2.17. The molecule has 2 rings (SSSR count). The normalized spacial score (nSPS) is 15.1. The van der Waals surface area contributed by atoms with E-state index in [1.807, 2.05) is 24.3 Å². The zero-order valence-electron chi connectivity index (χ0n) is 14.0. The third-order valence-electron chi connectivity index (χ3n) is 3.99. The van der Waals surface area contributed by atoms with Crippen LogP contribution in [0.1, 0.15) is 44.6 Å². The van der Waals surface area contributed by atoms with Crippen LogP contribution in [0.3, 0.4) is 0 Å². The second-order valence-corrected chi connectivity index (χ2v) is 6.38. The van der Waals surface area contributed by atoms with Crippen LogP contribution in [0.2, 0.25) is 0 Å². The number of thiocarbonyl (C=S) groups is 1. The van der Waals surface area contributed by atoms with Crippen LogP contribution in [-0.2, 0) is 16.0 Å². The maximum atomic E-state index is 11.9. The fourth-order valence-electron chi connectivity index (χ4n) is 2.59. The minimum atomic E-state index is -0.748. The third-order valence-corrected chi connectivity index (χ3v) is 4.19. The van der Waals surface area contributed by atoms with Crippen molar-refractivity contribution in [3.8, 4) is 5.75 Å². The second-order valence-electron chi connectivity index (χ2n) is 5.97. The average Bonchev–Trinajstić information content (AvgIpc) is 2.55. The van der Waals surface area contributed by atoms with Gasteiger partial charge in [-0.25, -0.2) is 0 Å². The number of ether oxygens (including phenoxy) is 1. The fourth-order valence-corrected chi connectivity index (χ4v) is 2.79. The Morgan fingerprint density at radius 2 is 1.62 bits per heavy atom. The zero-order chi connectivity index (χ0) is 17.4. The van der Waals surface area contributed by atoms with E-state index in [2.05, 4.69) is 17.6 Å². The van der Waals surface area contributed by atoms with Crippen molar-refractivity contribution >= 4 is 29.1 Å². The summed E-state index contributed by atoms with van der Waals surface area (Å²) in [6, 6.07) is 7.54. The first-order valence-corrected chi connectivity index (χ1v) is 8.88. The lowest BCUT2D eigenvalue weighted by atomic mass is 9.96. The van der Waals surface area contributed by atoms with Crippen LogP contribution in [-0.4, -0.2) is 23.5 Å². The van der Waals surface area contributed by atoms with Gasteiger partial charge in [0.1, 0.15) is 11.7 Å². The predicted molar refractivity (Wildman–Crippen MR) is 96.8 cm³/mol. The molecule has 1 aromatic carbocycles. The Labute approximate surface area is 148 Å². The van der Waals surface area contributed by atoms with Crippen molar-refractivity contribution in [1.82, 2.24) is 10.6 Å². The van der Waals surface area contributed by atoms with Crippen molar-refractivity contribution < 1.29 is 14.3 Å². The van der Waals surface area contributed by atoms with E-state index in [1.54, 1.807) is 0 Å². The highest BCUT2D eigenvalue weighted by Gasteiger charge is 2.32. The summed E-state index contributed by atoms with van der Waals surface area (Å²) >= 11 is 4.79. The maximum absolute atomic E-state index is 11.9. The largest absolute Gasteiger partial charge is 0.494 e. The van der Waals surface area contributed by atoms with E-state index < -0.39 is 5.92 Å². The molecule has 0 radical (unpaired) electrons. The fraction of sp³-hybridized carbons (Fsp3) is 0.500. The number of rotatable bonds is 9. The molecule has 1 saturated heterocycles. The Bertz CT molecular complexity index is 566. The quantitative estimate of drug-likeness (QED) is 0.409. The molecule has 0 unspecified atom stereocenters. The van der Waals surface area contributed by atoms with Gasteiger partial charge in [-0.1, -0.05) is 44.7 Å². The van der Waals surface area contributed by atoms with Crippen LogP contribution in [0.4, 0.5) is 0 Å². The number of unbranched alkanes of at least 4 members (excludes halogenated alkanes) is 4. The van der Waals surface area contributed by atoms with Gasteiger partial charge in [0, 0.05) is 0 Å². The SMILES string of the molecule is CCCCCCCOc1ccc(CC2C(=O)NC(=S)NC2=O)cc1. The molecule has 1 aliphatic heterocycles. The van der Waals surface area contributed by atoms with E-state index >= 15 is 0 Å². The summed E-state index contributed by atoms with van der Waals surface area (Å²) < 4.78 is 5.71. The van der Waals surface area contributed by atoms with E-state index in [9.17, 15) is 9.59 Å². The summed E-state index contributed by atoms with van der Waals surface area (Å²) in [5.41, 5.74) is 0.911. The molecule has 2 N–H and O–H groups in total. The Hall–Kier alpha value is -1.95. The van der Waals surface area contributed by atoms with Crippen molar-refractivity contribution in [3.63, 3.8) is 0 Å². The minimum Gasteiger partial charge on any atom is -0.494 e. The van der Waals surface area contributed by atoms with Crippen LogP contribution in [0.15, 0.2) is 24.3 Å². The van der Waals surface area contributed by atoms with Crippen molar-refractivity contribution in [2.24, 2.45) is 5.92 Å². The van der Waals surface area contributed by atoms with Gasteiger partial charge in [-0.15, -0.1) is 0 Å². The lowest BCUT2D eigenvalue weighted by Crippen LogP contribution is -2.56. The number of hydrogen-bond donors (Lipinski definition) is 2. The average molecular weight is 348 g/mol. The summed E-state index contributed by atoms with van der Waals surface area (Å²) in [6.45, 7) is 2.92. The molecule has 24 heavy (non-hydrogen) atoms. The van der Waals surface area contributed by atoms with Crippen molar-refractivity contribution in [2.75, 3.05) is 6.61 Å². The number of amides is 2. The number of nitrogens with one attached hydrogen (secondary N) is 2. The van der Waals surface area contributed by atoms with Crippen LogP contribution in [0.5, 0.6) is 5.75 Å². The topological polar surface area (TPSA) is 67.4 Å². The van der Waals surface area contributed by atoms with Crippen LogP contribution in [0.25, 0.3) is 0 Å². The Morgan fingerprint density at radius 1 is 1.00 bits per heavy atom. The Balaban J connectivity index is 1.78. The highest BCUT2D eigenvalue weighted by molar-refractivity contribution is 7.80. The van der Waals surface area contributed by atoms with E-state index in [1.165, 1.54) is 25.7 Å². The zero-order valence-corrected chi connectivity index (χ0v) is 14.8. The smallest absolute Gasteiger partial charge is 0.239 e. The molecule has 0 saturated carbocycles. The Morgan fingerprint density at radius 3 is 2.25 bits per heavy atom. The first-order chi connectivity index (χ1) is 11.6. The molecule has 2 amide bonds. The predicted octanol–water partition coefficient (Wildman–Crippen LogP) is 2.73. The molecule has 0 aromatic heterocycles. The number of carbonyl (C=O) groups is 2. The van der Waals surface area contributed by atoms with Gasteiger partial charge < -0.3 is 15.4 Å². The van der Waals surface area contributed by atoms with Gasteiger partial charge in [-0.05, 0) is 42.8 Å². The summed E-state index contributed by atoms with van der Waals surface area (Å²) in [7, 11) is 0. The summed E-state index contributed by atoms with van der Waals surface area (Å²) in [6.07, 6.45) is 6.38. The van der Waals surface area contributed by atoms with Crippen LogP contribution < -0.4 is 15.4 Å². The first-order valence-electron chi connectivity index (χ1n) is 8.47. The van der Waals surface area contributed by atoms with Crippen molar-refractivity contribution in [3.05, 3.63) is 29.8 Å². The second kappa shape index (κ2) is 9.37. The van der Waals surface area contributed by atoms with Gasteiger partial charge in [0.05, 0.1) is 6.61 Å². The number of carbonyl (C=O) groups excluding carboxylic acids is 2. The molecule has 1 aromatic rings. The van der Waals surface area contributed by atoms with Gasteiger partial charge in [0.25, 0.3) is 0 Å². The van der Waals surface area contributed by atoms with E-state index in [-0.39, 0.29) is 16.9 Å². The highest BCUT2D eigenvalue weighted by atomic mass is 32.1. The van der Waals surface area contributed by atoms with E-state index in [4.69, 9.17) is 17.0 Å². The molecule has 1 fully saturated rings. The molecular weight excluding hydrogens is 324 g/mol. The van der Waals surface area contributed by atoms with Gasteiger partial charge in [0.2, 0.25) is 11.8 Å². The minimum absolute atomic E-state index is 0.0731. The summed E-state index contributed by atoms with van der Waals surface area (Å²) in [5, 5.41) is 5.03. The standard InChI is InChI=1S/C18H24N2O3S/c1-2-3-4-5-6-11-23-14-9-7-13(8-10-14)12-15-16(21)19-18(24)20-17(15)22/h7-10,15H,2-6,11-12H2,1H3,(H2,19,20,21,22,24). The van der Waals surface area contributed by atoms with Gasteiger partial charge in [-0.3, -0.25) is 9.59 Å². The lowest BCUT2D eigenvalue weighted by molar-refractivity contribution is -0.135. The van der Waals surface area contributed by atoms with Crippen LogP contribution in [0, 0.1) is 5.92 Å². The molecule has 5 nitrogen and oxygen atoms in total. The van der Waals surface area contributed by atoms with E-state index in [0.29, 0.717) is 13.0 Å². The monoisotopic (exact) mass is 348 g/mol. The Kier molecular flexibility index (Phi) is 7.18. The maximum Gasteiger partial charge on any atom is 0.239 e. The molecule has 1 heterocycles. The number of benzene rings is 1. The molecule has 6 heteroatoms. The molecular formula is C18H24N2O3S. The molecule has 130 valence electrons. The molecule has 0 spiro atoms. The first kappa shape index (κ1) is 18.4. The van der Waals surface area contributed by atoms with Gasteiger partial charge in [-0.2, -0.15) is 0 Å². The summed E-state index contributed by atoms with van der Waals surface area (Å²) in [5.74, 6) is -0.637. The van der Waals surface area contributed by atoms with Crippen LogP contribution >= 0.6 is 12.2 Å². The lowest BCUT2D eigenvalue weighted by Gasteiger charge is -2.22. The molecule has 1 aliphatic rings. The molecule has 0 atom stereocenters.